The summed E-state index contributed by atoms with van der Waals surface area (Å²) in [6.07, 6.45) is 2.07. The Hall–Kier alpha value is -1.85. The van der Waals surface area contributed by atoms with Gasteiger partial charge in [0.05, 0.1) is 13.1 Å². The standard InChI is InChI=1S/C16H21N3O2/c17-16(20)11-19-7-5-13(6-8-19)18-10-14-9-12-3-1-2-4-15(12)21-14/h1-4,9,13,18H,5-8,10-11H2,(H2,17,20). The number of amides is 1. The Morgan fingerprint density at radius 2 is 2.10 bits per heavy atom. The van der Waals surface area contributed by atoms with Crippen LogP contribution < -0.4 is 11.1 Å². The molecule has 0 radical (unpaired) electrons. The van der Waals surface area contributed by atoms with Crippen molar-refractivity contribution in [2.24, 2.45) is 5.73 Å². The molecule has 0 aliphatic carbocycles. The quantitative estimate of drug-likeness (QED) is 0.873. The van der Waals surface area contributed by atoms with E-state index in [1.807, 2.05) is 18.2 Å². The second kappa shape index (κ2) is 6.28. The van der Waals surface area contributed by atoms with E-state index in [1.165, 1.54) is 0 Å². The number of fused-ring (bicyclic) bond motifs is 1. The monoisotopic (exact) mass is 287 g/mol. The Kier molecular flexibility index (Phi) is 4.22. The third kappa shape index (κ3) is 3.62. The lowest BCUT2D eigenvalue weighted by Gasteiger charge is -2.31. The van der Waals surface area contributed by atoms with E-state index in [0.717, 1.165) is 49.2 Å². The van der Waals surface area contributed by atoms with Crippen molar-refractivity contribution in [1.82, 2.24) is 10.2 Å². The maximum Gasteiger partial charge on any atom is 0.231 e. The predicted molar refractivity (Wildman–Crippen MR) is 81.7 cm³/mol. The summed E-state index contributed by atoms with van der Waals surface area (Å²) in [5.74, 6) is 0.722. The third-order valence-electron chi connectivity index (χ3n) is 4.01. The first kappa shape index (κ1) is 14.1. The number of carbonyl (C=O) groups excluding carboxylic acids is 1. The fourth-order valence-electron chi connectivity index (χ4n) is 2.88. The van der Waals surface area contributed by atoms with Crippen LogP contribution in [-0.4, -0.2) is 36.5 Å². The SMILES string of the molecule is NC(=O)CN1CCC(NCc2cc3ccccc3o2)CC1. The first-order valence-electron chi connectivity index (χ1n) is 7.42. The lowest BCUT2D eigenvalue weighted by atomic mass is 10.1. The smallest absolute Gasteiger partial charge is 0.231 e. The van der Waals surface area contributed by atoms with Gasteiger partial charge in [-0.25, -0.2) is 0 Å². The summed E-state index contributed by atoms with van der Waals surface area (Å²) in [5, 5.41) is 4.68. The van der Waals surface area contributed by atoms with E-state index in [4.69, 9.17) is 10.2 Å². The normalized spacial score (nSPS) is 17.3. The minimum absolute atomic E-state index is 0.247. The molecule has 0 unspecified atom stereocenters. The van der Waals surface area contributed by atoms with Crippen molar-refractivity contribution < 1.29 is 9.21 Å². The summed E-state index contributed by atoms with van der Waals surface area (Å²) in [5.41, 5.74) is 6.16. The highest BCUT2D eigenvalue weighted by Crippen LogP contribution is 2.19. The van der Waals surface area contributed by atoms with E-state index in [-0.39, 0.29) is 5.91 Å². The van der Waals surface area contributed by atoms with Crippen molar-refractivity contribution in [3.05, 3.63) is 36.1 Å². The highest BCUT2D eigenvalue weighted by molar-refractivity contribution is 5.77. The molecule has 1 aliphatic heterocycles. The van der Waals surface area contributed by atoms with Crippen LogP contribution in [0.4, 0.5) is 0 Å². The topological polar surface area (TPSA) is 71.5 Å². The van der Waals surface area contributed by atoms with Crippen LogP contribution in [-0.2, 0) is 11.3 Å². The van der Waals surface area contributed by atoms with Crippen molar-refractivity contribution >= 4 is 16.9 Å². The maximum absolute atomic E-state index is 10.9. The molecule has 1 fully saturated rings. The second-order valence-electron chi connectivity index (χ2n) is 5.65. The molecule has 21 heavy (non-hydrogen) atoms. The lowest BCUT2D eigenvalue weighted by molar-refractivity contribution is -0.119. The fourth-order valence-corrected chi connectivity index (χ4v) is 2.88. The number of benzene rings is 1. The van der Waals surface area contributed by atoms with E-state index in [0.29, 0.717) is 12.6 Å². The molecule has 1 aromatic carbocycles. The van der Waals surface area contributed by atoms with Gasteiger partial charge in [-0.05, 0) is 25.0 Å². The van der Waals surface area contributed by atoms with Gasteiger partial charge < -0.3 is 15.5 Å². The third-order valence-corrected chi connectivity index (χ3v) is 4.01. The van der Waals surface area contributed by atoms with E-state index in [9.17, 15) is 4.79 Å². The zero-order chi connectivity index (χ0) is 14.7. The number of hydrogen-bond acceptors (Lipinski definition) is 4. The molecule has 112 valence electrons. The molecule has 5 nitrogen and oxygen atoms in total. The summed E-state index contributed by atoms with van der Waals surface area (Å²) in [6.45, 7) is 2.95. The summed E-state index contributed by atoms with van der Waals surface area (Å²) in [4.78, 5) is 13.0. The number of nitrogens with zero attached hydrogens (tertiary/aromatic N) is 1. The van der Waals surface area contributed by atoms with Crippen molar-refractivity contribution in [3.8, 4) is 0 Å². The summed E-state index contributed by atoms with van der Waals surface area (Å²) < 4.78 is 5.80. The van der Waals surface area contributed by atoms with Crippen LogP contribution in [0.2, 0.25) is 0 Å². The van der Waals surface area contributed by atoms with Gasteiger partial charge in [0.25, 0.3) is 0 Å². The van der Waals surface area contributed by atoms with Crippen LogP contribution in [0.5, 0.6) is 0 Å². The van der Waals surface area contributed by atoms with Crippen LogP contribution >= 0.6 is 0 Å². The molecule has 1 saturated heterocycles. The number of carbonyl (C=O) groups is 1. The van der Waals surface area contributed by atoms with E-state index >= 15 is 0 Å². The summed E-state index contributed by atoms with van der Waals surface area (Å²) >= 11 is 0. The van der Waals surface area contributed by atoms with Gasteiger partial charge in [-0.3, -0.25) is 9.69 Å². The van der Waals surface area contributed by atoms with Crippen LogP contribution in [0.1, 0.15) is 18.6 Å². The molecule has 0 saturated carbocycles. The summed E-state index contributed by atoms with van der Waals surface area (Å²) in [7, 11) is 0. The minimum Gasteiger partial charge on any atom is -0.460 e. The molecule has 2 aromatic rings. The largest absolute Gasteiger partial charge is 0.460 e. The van der Waals surface area contributed by atoms with Crippen molar-refractivity contribution in [3.63, 3.8) is 0 Å². The first-order chi connectivity index (χ1) is 10.2. The zero-order valence-corrected chi connectivity index (χ0v) is 12.0. The predicted octanol–water partition coefficient (Wildman–Crippen LogP) is 1.47. The molecule has 5 heteroatoms. The number of furan rings is 1. The molecule has 0 spiro atoms. The molecule has 3 rings (SSSR count). The Morgan fingerprint density at radius 1 is 1.33 bits per heavy atom. The summed E-state index contributed by atoms with van der Waals surface area (Å²) in [6, 6.07) is 10.6. The van der Waals surface area contributed by atoms with Gasteiger partial charge in [0, 0.05) is 24.5 Å². The Bertz CT molecular complexity index is 582. The van der Waals surface area contributed by atoms with E-state index < -0.39 is 0 Å². The van der Waals surface area contributed by atoms with Gasteiger partial charge in [0.2, 0.25) is 5.91 Å². The number of nitrogens with one attached hydrogen (secondary N) is 1. The number of nitrogens with two attached hydrogens (primary N) is 1. The number of primary amides is 1. The molecule has 1 aliphatic rings. The molecular weight excluding hydrogens is 266 g/mol. The molecule has 3 N–H and O–H groups in total. The second-order valence-corrected chi connectivity index (χ2v) is 5.65. The Morgan fingerprint density at radius 3 is 2.81 bits per heavy atom. The van der Waals surface area contributed by atoms with Crippen molar-refractivity contribution in [2.45, 2.75) is 25.4 Å². The number of likely N-dealkylation sites (tertiary alicyclic amines) is 1. The van der Waals surface area contributed by atoms with E-state index in [2.05, 4.69) is 22.3 Å². The van der Waals surface area contributed by atoms with Crippen LogP contribution in [0.3, 0.4) is 0 Å². The van der Waals surface area contributed by atoms with Gasteiger partial charge in [-0.1, -0.05) is 18.2 Å². The van der Waals surface area contributed by atoms with E-state index in [1.54, 1.807) is 0 Å². The van der Waals surface area contributed by atoms with Gasteiger partial charge in [0.1, 0.15) is 11.3 Å². The molecular formula is C16H21N3O2. The fraction of sp³-hybridized carbons (Fsp3) is 0.438. The Balaban J connectivity index is 1.49. The molecule has 1 aromatic heterocycles. The van der Waals surface area contributed by atoms with Gasteiger partial charge in [-0.2, -0.15) is 0 Å². The minimum atomic E-state index is -0.247. The van der Waals surface area contributed by atoms with Crippen LogP contribution in [0.25, 0.3) is 11.0 Å². The first-order valence-corrected chi connectivity index (χ1v) is 7.42. The number of para-hydroxylation sites is 1. The molecule has 1 amide bonds. The Labute approximate surface area is 124 Å². The maximum atomic E-state index is 10.9. The highest BCUT2D eigenvalue weighted by Gasteiger charge is 2.19. The van der Waals surface area contributed by atoms with Gasteiger partial charge >= 0.3 is 0 Å². The zero-order valence-electron chi connectivity index (χ0n) is 12.0. The van der Waals surface area contributed by atoms with Crippen LogP contribution in [0, 0.1) is 0 Å². The van der Waals surface area contributed by atoms with Crippen LogP contribution in [0.15, 0.2) is 34.7 Å². The number of rotatable bonds is 5. The molecule has 2 heterocycles. The highest BCUT2D eigenvalue weighted by atomic mass is 16.3. The van der Waals surface area contributed by atoms with Crippen molar-refractivity contribution in [1.29, 1.82) is 0 Å². The van der Waals surface area contributed by atoms with Gasteiger partial charge in [-0.15, -0.1) is 0 Å². The number of hydrogen-bond donors (Lipinski definition) is 2. The van der Waals surface area contributed by atoms with Crippen molar-refractivity contribution in [2.75, 3.05) is 19.6 Å². The molecule has 0 atom stereocenters. The number of piperidine rings is 1. The van der Waals surface area contributed by atoms with Gasteiger partial charge in [0.15, 0.2) is 0 Å². The average Bonchev–Trinajstić information content (AvgIpc) is 2.89. The lowest BCUT2D eigenvalue weighted by Crippen LogP contribution is -2.45. The average molecular weight is 287 g/mol. The molecule has 0 bridgehead atoms.